The van der Waals surface area contributed by atoms with Crippen LogP contribution in [0.25, 0.3) is 0 Å². The summed E-state index contributed by atoms with van der Waals surface area (Å²) in [4.78, 5) is 34.4. The minimum atomic E-state index is -0.711. The monoisotopic (exact) mass is 650 g/mol. The maximum absolute atomic E-state index is 12.2. The van der Waals surface area contributed by atoms with Gasteiger partial charge in [-0.2, -0.15) is 25.3 Å². The molecular formula is C30H54N2O5S4. The average Bonchev–Trinajstić information content (AvgIpc) is 2.91. The van der Waals surface area contributed by atoms with Crippen LogP contribution in [0.4, 0.5) is 0 Å². The van der Waals surface area contributed by atoms with Crippen molar-refractivity contribution in [1.29, 1.82) is 0 Å². The van der Waals surface area contributed by atoms with Crippen molar-refractivity contribution >= 4 is 77.5 Å². The third kappa shape index (κ3) is 30.4. The predicted molar refractivity (Wildman–Crippen MR) is 184 cm³/mol. The maximum Gasteiger partial charge on any atom is 0.303 e. The number of carboxylic acid groups (broad SMARTS) is 2. The SMILES string of the molecule is O=C(O)CCCCCCCCCC(S)CCC(=S)NCC(=O)NC(=S)CCC(S)CCCCCCCCCC(=O)O. The van der Waals surface area contributed by atoms with E-state index in [9.17, 15) is 14.4 Å². The molecule has 0 spiro atoms. The topological polar surface area (TPSA) is 116 Å². The number of unbranched alkanes of at least 4 members (excludes halogenated alkanes) is 12. The van der Waals surface area contributed by atoms with Crippen molar-refractivity contribution in [3.8, 4) is 0 Å². The first-order valence-corrected chi connectivity index (χ1v) is 17.3. The molecule has 0 rings (SSSR count). The van der Waals surface area contributed by atoms with Crippen LogP contribution >= 0.6 is 49.7 Å². The van der Waals surface area contributed by atoms with Gasteiger partial charge in [-0.05, 0) is 51.4 Å². The van der Waals surface area contributed by atoms with E-state index in [0.29, 0.717) is 22.8 Å². The second-order valence-corrected chi connectivity index (χ2v) is 13.4. The molecule has 0 radical (unpaired) electrons. The van der Waals surface area contributed by atoms with Gasteiger partial charge in [0.25, 0.3) is 0 Å². The number of rotatable bonds is 28. The minimum absolute atomic E-state index is 0.114. The van der Waals surface area contributed by atoms with Gasteiger partial charge < -0.3 is 20.8 Å². The number of amides is 1. The predicted octanol–water partition coefficient (Wildman–Crippen LogP) is 7.70. The number of nitrogens with one attached hydrogen (secondary N) is 2. The van der Waals surface area contributed by atoms with Crippen molar-refractivity contribution < 1.29 is 24.6 Å². The van der Waals surface area contributed by atoms with E-state index in [1.165, 1.54) is 19.3 Å². The van der Waals surface area contributed by atoms with E-state index in [4.69, 9.17) is 34.6 Å². The third-order valence-electron chi connectivity index (χ3n) is 6.99. The van der Waals surface area contributed by atoms with Gasteiger partial charge in [-0.3, -0.25) is 14.4 Å². The molecule has 4 N–H and O–H groups in total. The molecule has 1 amide bonds. The van der Waals surface area contributed by atoms with E-state index in [1.54, 1.807) is 0 Å². The van der Waals surface area contributed by atoms with Gasteiger partial charge in [0.1, 0.15) is 0 Å². The summed E-state index contributed by atoms with van der Waals surface area (Å²) in [6.07, 6.45) is 20.6. The zero-order valence-corrected chi connectivity index (χ0v) is 28.2. The van der Waals surface area contributed by atoms with Gasteiger partial charge in [0, 0.05) is 23.3 Å². The molecule has 238 valence electrons. The number of carbonyl (C=O) groups is 3. The average molecular weight is 651 g/mol. The summed E-state index contributed by atoms with van der Waals surface area (Å²) in [5.74, 6) is -1.60. The molecule has 0 saturated heterocycles. The second-order valence-electron chi connectivity index (χ2n) is 10.9. The molecule has 0 aromatic heterocycles. The van der Waals surface area contributed by atoms with Gasteiger partial charge in [-0.15, -0.1) is 0 Å². The fourth-order valence-corrected chi connectivity index (χ4v) is 5.54. The first-order valence-electron chi connectivity index (χ1n) is 15.5. The Hall–Kier alpha value is -0.910. The van der Waals surface area contributed by atoms with Gasteiger partial charge >= 0.3 is 11.9 Å². The molecule has 41 heavy (non-hydrogen) atoms. The lowest BCUT2D eigenvalue weighted by Crippen LogP contribution is -2.38. The molecule has 0 aromatic rings. The highest BCUT2D eigenvalue weighted by molar-refractivity contribution is 7.81. The molecule has 2 unspecified atom stereocenters. The Morgan fingerprint density at radius 2 is 0.902 bits per heavy atom. The van der Waals surface area contributed by atoms with Crippen LogP contribution in [0.3, 0.4) is 0 Å². The van der Waals surface area contributed by atoms with E-state index in [2.05, 4.69) is 35.9 Å². The molecular weight excluding hydrogens is 597 g/mol. The summed E-state index contributed by atoms with van der Waals surface area (Å²) < 4.78 is 0. The second kappa shape index (κ2) is 27.9. The zero-order chi connectivity index (χ0) is 30.7. The Kier molecular flexibility index (Phi) is 27.3. The van der Waals surface area contributed by atoms with Gasteiger partial charge in [0.05, 0.1) is 16.5 Å². The number of thiocarbonyl (C=S) groups is 2. The first-order chi connectivity index (χ1) is 19.6. The molecule has 7 nitrogen and oxygen atoms in total. The van der Waals surface area contributed by atoms with Crippen LogP contribution in [0.1, 0.15) is 141 Å². The highest BCUT2D eigenvalue weighted by Gasteiger charge is 2.10. The lowest BCUT2D eigenvalue weighted by Gasteiger charge is -2.13. The molecule has 2 atom stereocenters. The largest absolute Gasteiger partial charge is 0.481 e. The quantitative estimate of drug-likeness (QED) is 0.0290. The molecule has 0 aliphatic rings. The van der Waals surface area contributed by atoms with Gasteiger partial charge in [0.2, 0.25) is 5.91 Å². The van der Waals surface area contributed by atoms with E-state index >= 15 is 0 Å². The minimum Gasteiger partial charge on any atom is -0.481 e. The standard InChI is InChI=1S/C30H54N2O5S4/c33-26(32-28(41)22-20-25(39)16-12-8-4-2-6-10-14-18-30(36)37)23-31-27(40)21-19-24(38)15-11-7-3-1-5-9-13-17-29(34)35/h24-25,38-39H,1-23H2,(H,31,40)(H,34,35)(H,36,37)(H,32,33,41). The van der Waals surface area contributed by atoms with Crippen molar-refractivity contribution in [1.82, 2.24) is 10.6 Å². The molecule has 0 bridgehead atoms. The third-order valence-corrected chi connectivity index (χ3v) is 8.68. The van der Waals surface area contributed by atoms with Gasteiger partial charge in [-0.1, -0.05) is 101 Å². The molecule has 11 heteroatoms. The van der Waals surface area contributed by atoms with Crippen LogP contribution in [-0.4, -0.2) is 55.1 Å². The van der Waals surface area contributed by atoms with Crippen molar-refractivity contribution in [3.63, 3.8) is 0 Å². The van der Waals surface area contributed by atoms with Crippen LogP contribution in [0.15, 0.2) is 0 Å². The van der Waals surface area contributed by atoms with Crippen molar-refractivity contribution in [3.05, 3.63) is 0 Å². The number of carboxylic acids is 2. The summed E-state index contributed by atoms with van der Waals surface area (Å²) in [5, 5.41) is 23.6. The Morgan fingerprint density at radius 1 is 0.537 bits per heavy atom. The van der Waals surface area contributed by atoms with Gasteiger partial charge in [-0.25, -0.2) is 0 Å². The molecule has 0 aromatic carbocycles. The fraction of sp³-hybridized carbons (Fsp3) is 0.833. The molecule has 0 saturated carbocycles. The van der Waals surface area contributed by atoms with Crippen molar-refractivity contribution in [2.45, 2.75) is 152 Å². The van der Waals surface area contributed by atoms with Crippen LogP contribution in [0.2, 0.25) is 0 Å². The normalized spacial score (nSPS) is 12.4. The number of hydrogen-bond donors (Lipinski definition) is 6. The summed E-state index contributed by atoms with van der Waals surface area (Å²) in [6.45, 7) is 0.114. The summed E-state index contributed by atoms with van der Waals surface area (Å²) in [7, 11) is 0. The highest BCUT2D eigenvalue weighted by Crippen LogP contribution is 2.17. The number of thiol groups is 2. The number of carbonyl (C=O) groups excluding carboxylic acids is 1. The van der Waals surface area contributed by atoms with Crippen molar-refractivity contribution in [2.24, 2.45) is 0 Å². The van der Waals surface area contributed by atoms with E-state index in [-0.39, 0.29) is 35.8 Å². The lowest BCUT2D eigenvalue weighted by molar-refractivity contribution is -0.138. The fourth-order valence-electron chi connectivity index (χ4n) is 4.49. The van der Waals surface area contributed by atoms with Crippen LogP contribution in [0, 0.1) is 0 Å². The maximum atomic E-state index is 12.2. The zero-order valence-electron chi connectivity index (χ0n) is 24.7. The molecule has 0 fully saturated rings. The van der Waals surface area contributed by atoms with Crippen LogP contribution in [0.5, 0.6) is 0 Å². The number of aliphatic carboxylic acids is 2. The Labute approximate surface area is 270 Å². The van der Waals surface area contributed by atoms with Crippen molar-refractivity contribution in [2.75, 3.05) is 6.54 Å². The van der Waals surface area contributed by atoms with E-state index in [0.717, 1.165) is 96.3 Å². The summed E-state index contributed by atoms with van der Waals surface area (Å²) in [6, 6.07) is 0. The van der Waals surface area contributed by atoms with Crippen LogP contribution in [-0.2, 0) is 14.4 Å². The summed E-state index contributed by atoms with van der Waals surface area (Å²) in [5.41, 5.74) is 0. The van der Waals surface area contributed by atoms with E-state index < -0.39 is 11.9 Å². The number of hydrogen-bond acceptors (Lipinski definition) is 7. The van der Waals surface area contributed by atoms with E-state index in [1.807, 2.05) is 0 Å². The smallest absolute Gasteiger partial charge is 0.303 e. The molecule has 0 aliphatic carbocycles. The van der Waals surface area contributed by atoms with Gasteiger partial charge in [0.15, 0.2) is 0 Å². The lowest BCUT2D eigenvalue weighted by atomic mass is 10.0. The Balaban J connectivity index is 3.67. The Morgan fingerprint density at radius 3 is 1.32 bits per heavy atom. The summed E-state index contributed by atoms with van der Waals surface area (Å²) >= 11 is 20.1. The first kappa shape index (κ1) is 40.1. The highest BCUT2D eigenvalue weighted by atomic mass is 32.1. The van der Waals surface area contributed by atoms with Crippen LogP contribution < -0.4 is 10.6 Å². The Bertz CT molecular complexity index is 754. The molecule has 0 aliphatic heterocycles. The molecule has 0 heterocycles.